The summed E-state index contributed by atoms with van der Waals surface area (Å²) < 4.78 is 48.4. The third kappa shape index (κ3) is 5.23. The quantitative estimate of drug-likeness (QED) is 0.325. The molecule has 0 bridgehead atoms. The molecule has 1 aliphatic rings. The SMILES string of the molecule is [B]c1nc(CN2CCOc3c([B])c([B])c(-c4c([B])c([B])c(OC(F)(F)F)c([B])c4[B])c([B])c3C2=O)nc([B])c1[B]. The number of amides is 1. The van der Waals surface area contributed by atoms with Gasteiger partial charge in [-0.25, -0.2) is 9.97 Å². The number of benzene rings is 2. The summed E-state index contributed by atoms with van der Waals surface area (Å²) in [7, 11) is 59.9. The number of alkyl halides is 3. The Balaban J connectivity index is 1.90. The number of ether oxygens (including phenoxy) is 2. The fourth-order valence-corrected chi connectivity index (χ4v) is 4.18. The summed E-state index contributed by atoms with van der Waals surface area (Å²) in [6.45, 7) is -0.222. The van der Waals surface area contributed by atoms with Crippen LogP contribution in [-0.2, 0) is 6.54 Å². The van der Waals surface area contributed by atoms with Crippen LogP contribution in [0.2, 0.25) is 0 Å². The van der Waals surface area contributed by atoms with Gasteiger partial charge in [-0.2, -0.15) is 0 Å². The topological polar surface area (TPSA) is 64.6 Å². The third-order valence-corrected chi connectivity index (χ3v) is 6.14. The van der Waals surface area contributed by atoms with E-state index in [1.165, 1.54) is 4.90 Å². The van der Waals surface area contributed by atoms with Crippen molar-refractivity contribution in [3.8, 4) is 22.6 Å². The van der Waals surface area contributed by atoms with Crippen LogP contribution < -0.4 is 64.4 Å². The van der Waals surface area contributed by atoms with E-state index < -0.39 is 39.9 Å². The molecule has 0 spiro atoms. The normalized spacial score (nSPS) is 13.5. The molecule has 20 radical (unpaired) electrons. The first-order valence-electron chi connectivity index (χ1n) is 11.2. The number of halogens is 3. The highest BCUT2D eigenvalue weighted by atomic mass is 19.4. The van der Waals surface area contributed by atoms with Gasteiger partial charge in [0, 0.05) is 0 Å². The van der Waals surface area contributed by atoms with Gasteiger partial charge < -0.3 is 14.4 Å². The lowest BCUT2D eigenvalue weighted by Crippen LogP contribution is -2.48. The van der Waals surface area contributed by atoms with Crippen molar-refractivity contribution in [1.29, 1.82) is 0 Å². The third-order valence-electron chi connectivity index (χ3n) is 6.14. The van der Waals surface area contributed by atoms with Crippen LogP contribution in [0.25, 0.3) is 11.1 Å². The second-order valence-electron chi connectivity index (χ2n) is 8.63. The summed E-state index contributed by atoms with van der Waals surface area (Å²) in [4.78, 5) is 23.1. The van der Waals surface area contributed by atoms with Crippen molar-refractivity contribution in [3.05, 3.63) is 11.4 Å². The van der Waals surface area contributed by atoms with Crippen molar-refractivity contribution in [2.45, 2.75) is 12.9 Å². The maximum atomic E-state index is 13.7. The molecule has 1 aliphatic heterocycles. The second kappa shape index (κ2) is 10.8. The van der Waals surface area contributed by atoms with Crippen molar-refractivity contribution >= 4 is 139 Å². The number of fused-ring (bicyclic) bond motifs is 1. The molecule has 4 rings (SSSR count). The first kappa shape index (κ1) is 30.0. The Hall–Kier alpha value is -2.97. The number of hydrogen-bond acceptors (Lipinski definition) is 5. The molecule has 19 heteroatoms. The molecule has 3 aromatic rings. The van der Waals surface area contributed by atoms with E-state index in [1.54, 1.807) is 0 Å². The van der Waals surface area contributed by atoms with Crippen molar-refractivity contribution in [2.75, 3.05) is 13.2 Å². The molecule has 2 heterocycles. The van der Waals surface area contributed by atoms with Gasteiger partial charge in [-0.3, -0.25) is 4.79 Å². The minimum atomic E-state index is -5.16. The zero-order valence-corrected chi connectivity index (χ0v) is 20.6. The lowest BCUT2D eigenvalue weighted by molar-refractivity contribution is -0.273. The van der Waals surface area contributed by atoms with Crippen molar-refractivity contribution < 1.29 is 27.4 Å². The Morgan fingerprint density at radius 3 is 1.75 bits per heavy atom. The van der Waals surface area contributed by atoms with E-state index in [4.69, 9.17) is 83.2 Å². The molecular weight excluding hydrogens is 507 g/mol. The maximum Gasteiger partial charge on any atom is 0.573 e. The average Bonchev–Trinajstić information content (AvgIpc) is 3.03. The summed E-state index contributed by atoms with van der Waals surface area (Å²) in [5.74, 6) is -1.79. The molecular formula is C21H6B10F3N3O3. The summed E-state index contributed by atoms with van der Waals surface area (Å²) in [5.41, 5.74) is -4.13. The number of rotatable bonds is 4. The molecule has 1 aromatic heterocycles. The minimum Gasteiger partial charge on any atom is -0.492 e. The van der Waals surface area contributed by atoms with Gasteiger partial charge in [0.15, 0.2) is 0 Å². The molecule has 0 unspecified atom stereocenters. The average molecular weight is 513 g/mol. The summed E-state index contributed by atoms with van der Waals surface area (Å²) in [5, 5.41) is 0. The lowest BCUT2D eigenvalue weighted by atomic mass is 9.60. The van der Waals surface area contributed by atoms with Crippen LogP contribution in [0.5, 0.6) is 11.5 Å². The number of carbonyl (C=O) groups excluding carboxylic acids is 1. The Labute approximate surface area is 241 Å². The Morgan fingerprint density at radius 2 is 1.23 bits per heavy atom. The molecule has 2 aromatic carbocycles. The minimum absolute atomic E-state index is 0.0165. The highest BCUT2D eigenvalue weighted by molar-refractivity contribution is 6.64. The molecule has 1 amide bonds. The van der Waals surface area contributed by atoms with E-state index in [-0.39, 0.29) is 81.0 Å². The fourth-order valence-electron chi connectivity index (χ4n) is 4.18. The predicted molar refractivity (Wildman–Crippen MR) is 155 cm³/mol. The van der Waals surface area contributed by atoms with Crippen LogP contribution >= 0.6 is 0 Å². The molecule has 0 saturated heterocycles. The Morgan fingerprint density at radius 1 is 0.725 bits per heavy atom. The zero-order valence-electron chi connectivity index (χ0n) is 20.6. The van der Waals surface area contributed by atoms with Crippen LogP contribution in [0.1, 0.15) is 16.2 Å². The monoisotopic (exact) mass is 515 g/mol. The van der Waals surface area contributed by atoms with Crippen LogP contribution in [0.3, 0.4) is 0 Å². The molecule has 0 atom stereocenters. The van der Waals surface area contributed by atoms with Crippen molar-refractivity contribution in [3.63, 3.8) is 0 Å². The Bertz CT molecular complexity index is 1520. The number of aromatic nitrogens is 2. The predicted octanol–water partition coefficient (Wildman–Crippen LogP) is -7.99. The van der Waals surface area contributed by atoms with E-state index in [0.29, 0.717) is 0 Å². The summed E-state index contributed by atoms with van der Waals surface area (Å²) >= 11 is 0. The van der Waals surface area contributed by atoms with Gasteiger partial charge in [0.25, 0.3) is 5.91 Å². The molecule has 0 N–H and O–H groups in total. The van der Waals surface area contributed by atoms with Gasteiger partial charge in [0.05, 0.1) is 18.7 Å². The molecule has 174 valence electrons. The smallest absolute Gasteiger partial charge is 0.492 e. The van der Waals surface area contributed by atoms with Crippen LogP contribution in [0, 0.1) is 0 Å². The van der Waals surface area contributed by atoms with Crippen LogP contribution in [-0.4, -0.2) is 119 Å². The van der Waals surface area contributed by atoms with E-state index in [0.717, 1.165) is 0 Å². The fraction of sp³-hybridized carbons (Fsp3) is 0.190. The zero-order chi connectivity index (χ0) is 29.8. The number of hydrogen-bond donors (Lipinski definition) is 0. The lowest BCUT2D eigenvalue weighted by Gasteiger charge is -2.28. The van der Waals surface area contributed by atoms with Crippen LogP contribution in [0.4, 0.5) is 13.2 Å². The summed E-state index contributed by atoms with van der Waals surface area (Å²) in [6.07, 6.45) is -5.16. The molecule has 0 saturated carbocycles. The van der Waals surface area contributed by atoms with Crippen molar-refractivity contribution in [1.82, 2.24) is 14.9 Å². The van der Waals surface area contributed by atoms with Gasteiger partial charge in [-0.05, 0) is 22.3 Å². The van der Waals surface area contributed by atoms with Crippen LogP contribution in [0.15, 0.2) is 0 Å². The molecule has 0 aliphatic carbocycles. The summed E-state index contributed by atoms with van der Waals surface area (Å²) in [6, 6.07) is 0. The highest BCUT2D eigenvalue weighted by Crippen LogP contribution is 2.24. The van der Waals surface area contributed by atoms with Gasteiger partial charge in [0.2, 0.25) is 0 Å². The van der Waals surface area contributed by atoms with Crippen molar-refractivity contribution in [2.24, 2.45) is 0 Å². The molecule has 6 nitrogen and oxygen atoms in total. The Kier molecular flexibility index (Phi) is 8.09. The molecule has 40 heavy (non-hydrogen) atoms. The van der Waals surface area contributed by atoms with Gasteiger partial charge in [-0.15, -0.1) is 13.2 Å². The van der Waals surface area contributed by atoms with E-state index in [1.807, 2.05) is 0 Å². The largest absolute Gasteiger partial charge is 0.573 e. The number of nitrogens with zero attached hydrogens (tertiary/aromatic N) is 3. The van der Waals surface area contributed by atoms with Gasteiger partial charge >= 0.3 is 6.36 Å². The van der Waals surface area contributed by atoms with Gasteiger partial charge in [-0.1, -0.05) is 43.7 Å². The van der Waals surface area contributed by atoms with E-state index in [9.17, 15) is 18.0 Å². The first-order valence-corrected chi connectivity index (χ1v) is 11.2. The van der Waals surface area contributed by atoms with E-state index in [2.05, 4.69) is 14.7 Å². The second-order valence-corrected chi connectivity index (χ2v) is 8.63. The standard InChI is InChI=1S/C21H6B10F3N3O3/c22-8-5(6-10(24)13(27)17(14(28)11(6)25)40-21(32,33)34)9(23)12(26)16-7(8)20(38)37(1-2-39-16)3-4-35-18(30)15(29)19(31)36-4/h1-3H2. The van der Waals surface area contributed by atoms with Gasteiger partial charge in [0.1, 0.15) is 102 Å². The maximum absolute atomic E-state index is 13.7. The van der Waals surface area contributed by atoms with E-state index >= 15 is 0 Å². The number of carbonyl (C=O) groups is 1. The highest BCUT2D eigenvalue weighted by Gasteiger charge is 2.34. The first-order chi connectivity index (χ1) is 18.5. The molecule has 0 fully saturated rings.